The molecule has 0 aromatic carbocycles. The lowest BCUT2D eigenvalue weighted by Crippen LogP contribution is -2.29. The van der Waals surface area contributed by atoms with Gasteiger partial charge in [-0.25, -0.2) is 0 Å². The SMILES string of the molecule is CN(C)CC(Cc1ccco1)C(=O)O. The minimum absolute atomic E-state index is 0.406. The first kappa shape index (κ1) is 10.8. The summed E-state index contributed by atoms with van der Waals surface area (Å²) >= 11 is 0. The molecule has 1 aromatic heterocycles. The van der Waals surface area contributed by atoms with E-state index in [0.29, 0.717) is 13.0 Å². The number of hydrogen-bond donors (Lipinski definition) is 1. The minimum atomic E-state index is -0.782. The number of carboxylic acid groups (broad SMARTS) is 1. The van der Waals surface area contributed by atoms with E-state index >= 15 is 0 Å². The van der Waals surface area contributed by atoms with Crippen molar-refractivity contribution >= 4 is 5.97 Å². The van der Waals surface area contributed by atoms with E-state index < -0.39 is 11.9 Å². The highest BCUT2D eigenvalue weighted by Crippen LogP contribution is 2.10. The Morgan fingerprint density at radius 1 is 1.64 bits per heavy atom. The van der Waals surface area contributed by atoms with Crippen LogP contribution in [0.3, 0.4) is 0 Å². The van der Waals surface area contributed by atoms with Gasteiger partial charge in [0.2, 0.25) is 0 Å². The van der Waals surface area contributed by atoms with Crippen LogP contribution < -0.4 is 0 Å². The third-order valence-corrected chi connectivity index (χ3v) is 1.96. The van der Waals surface area contributed by atoms with Crippen LogP contribution in [0.5, 0.6) is 0 Å². The maximum atomic E-state index is 10.9. The molecule has 1 rings (SSSR count). The highest BCUT2D eigenvalue weighted by molar-refractivity contribution is 5.70. The van der Waals surface area contributed by atoms with Crippen LogP contribution in [0.4, 0.5) is 0 Å². The molecule has 0 saturated carbocycles. The quantitative estimate of drug-likeness (QED) is 0.767. The number of hydrogen-bond acceptors (Lipinski definition) is 3. The van der Waals surface area contributed by atoms with Crippen molar-refractivity contribution in [3.8, 4) is 0 Å². The molecule has 1 aromatic rings. The maximum absolute atomic E-state index is 10.9. The highest BCUT2D eigenvalue weighted by atomic mass is 16.4. The Morgan fingerprint density at radius 3 is 2.79 bits per heavy atom. The van der Waals surface area contributed by atoms with E-state index in [-0.39, 0.29) is 0 Å². The lowest BCUT2D eigenvalue weighted by atomic mass is 10.0. The van der Waals surface area contributed by atoms with Crippen LogP contribution in [0.25, 0.3) is 0 Å². The summed E-state index contributed by atoms with van der Waals surface area (Å²) in [5.41, 5.74) is 0. The van der Waals surface area contributed by atoms with Crippen molar-refractivity contribution in [2.24, 2.45) is 5.92 Å². The monoisotopic (exact) mass is 197 g/mol. The first-order valence-electron chi connectivity index (χ1n) is 4.49. The van der Waals surface area contributed by atoms with E-state index in [0.717, 1.165) is 5.76 Å². The van der Waals surface area contributed by atoms with Crippen LogP contribution >= 0.6 is 0 Å². The predicted molar refractivity (Wildman–Crippen MR) is 52.1 cm³/mol. The van der Waals surface area contributed by atoms with E-state index in [4.69, 9.17) is 9.52 Å². The first-order chi connectivity index (χ1) is 6.59. The summed E-state index contributed by atoms with van der Waals surface area (Å²) in [4.78, 5) is 12.8. The molecule has 0 spiro atoms. The lowest BCUT2D eigenvalue weighted by molar-refractivity contribution is -0.142. The Bertz CT molecular complexity index is 280. The zero-order chi connectivity index (χ0) is 10.6. The smallest absolute Gasteiger partial charge is 0.308 e. The van der Waals surface area contributed by atoms with Crippen LogP contribution in [0.15, 0.2) is 22.8 Å². The molecule has 0 aliphatic rings. The Hall–Kier alpha value is -1.29. The predicted octanol–water partition coefficient (Wildman–Crippen LogP) is 1.08. The van der Waals surface area contributed by atoms with Gasteiger partial charge in [0.15, 0.2) is 0 Å². The van der Waals surface area contributed by atoms with Crippen LogP contribution in [-0.2, 0) is 11.2 Å². The van der Waals surface area contributed by atoms with Gasteiger partial charge in [-0.3, -0.25) is 4.79 Å². The number of aliphatic carboxylic acids is 1. The molecule has 14 heavy (non-hydrogen) atoms. The molecule has 0 fully saturated rings. The van der Waals surface area contributed by atoms with E-state index in [1.807, 2.05) is 19.0 Å². The number of rotatable bonds is 5. The second-order valence-corrected chi connectivity index (χ2v) is 3.58. The van der Waals surface area contributed by atoms with Gasteiger partial charge in [-0.05, 0) is 26.2 Å². The standard InChI is InChI=1S/C10H15NO3/c1-11(2)7-8(10(12)13)6-9-4-3-5-14-9/h3-5,8H,6-7H2,1-2H3,(H,12,13). The van der Waals surface area contributed by atoms with Gasteiger partial charge in [0.1, 0.15) is 5.76 Å². The lowest BCUT2D eigenvalue weighted by Gasteiger charge is -2.15. The largest absolute Gasteiger partial charge is 0.481 e. The van der Waals surface area contributed by atoms with Crippen LogP contribution in [0, 0.1) is 5.92 Å². The van der Waals surface area contributed by atoms with Crippen molar-refractivity contribution in [1.82, 2.24) is 4.90 Å². The third-order valence-electron chi connectivity index (χ3n) is 1.96. The second kappa shape index (κ2) is 4.81. The molecule has 1 atom stereocenters. The summed E-state index contributed by atoms with van der Waals surface area (Å²) in [6, 6.07) is 3.56. The molecular weight excluding hydrogens is 182 g/mol. The molecule has 4 heteroatoms. The molecule has 0 saturated heterocycles. The van der Waals surface area contributed by atoms with Crippen molar-refractivity contribution in [2.75, 3.05) is 20.6 Å². The van der Waals surface area contributed by atoms with Gasteiger partial charge in [-0.15, -0.1) is 0 Å². The Labute approximate surface area is 83.1 Å². The van der Waals surface area contributed by atoms with Gasteiger partial charge in [0.05, 0.1) is 12.2 Å². The van der Waals surface area contributed by atoms with Gasteiger partial charge in [-0.1, -0.05) is 0 Å². The van der Waals surface area contributed by atoms with Crippen molar-refractivity contribution < 1.29 is 14.3 Å². The second-order valence-electron chi connectivity index (χ2n) is 3.58. The van der Waals surface area contributed by atoms with Crippen LogP contribution in [0.2, 0.25) is 0 Å². The highest BCUT2D eigenvalue weighted by Gasteiger charge is 2.19. The molecule has 0 aliphatic heterocycles. The first-order valence-corrected chi connectivity index (χ1v) is 4.49. The fourth-order valence-electron chi connectivity index (χ4n) is 1.34. The third kappa shape index (κ3) is 3.22. The maximum Gasteiger partial charge on any atom is 0.308 e. The summed E-state index contributed by atoms with van der Waals surface area (Å²) in [6.45, 7) is 0.524. The van der Waals surface area contributed by atoms with Gasteiger partial charge in [-0.2, -0.15) is 0 Å². The molecule has 0 amide bonds. The van der Waals surface area contributed by atoms with Crippen molar-refractivity contribution in [3.63, 3.8) is 0 Å². The van der Waals surface area contributed by atoms with E-state index in [9.17, 15) is 4.79 Å². The van der Waals surface area contributed by atoms with Gasteiger partial charge in [0, 0.05) is 13.0 Å². The van der Waals surface area contributed by atoms with E-state index in [1.165, 1.54) is 0 Å². The molecular formula is C10H15NO3. The van der Waals surface area contributed by atoms with E-state index in [1.54, 1.807) is 18.4 Å². The summed E-state index contributed by atoms with van der Waals surface area (Å²) in [5.74, 6) is -0.467. The van der Waals surface area contributed by atoms with Crippen molar-refractivity contribution in [2.45, 2.75) is 6.42 Å². The zero-order valence-electron chi connectivity index (χ0n) is 8.43. The molecule has 1 unspecified atom stereocenters. The van der Waals surface area contributed by atoms with Gasteiger partial charge >= 0.3 is 5.97 Å². The topological polar surface area (TPSA) is 53.7 Å². The molecule has 0 bridgehead atoms. The van der Waals surface area contributed by atoms with Crippen LogP contribution in [0.1, 0.15) is 5.76 Å². The summed E-state index contributed by atoms with van der Waals surface area (Å²) < 4.78 is 5.11. The molecule has 1 heterocycles. The summed E-state index contributed by atoms with van der Waals surface area (Å²) in [7, 11) is 3.72. The number of furan rings is 1. The zero-order valence-corrected chi connectivity index (χ0v) is 8.43. The normalized spacial score (nSPS) is 13.1. The average Bonchev–Trinajstić information content (AvgIpc) is 2.54. The summed E-state index contributed by atoms with van der Waals surface area (Å²) in [5, 5.41) is 8.95. The Kier molecular flexibility index (Phi) is 3.71. The Morgan fingerprint density at radius 2 is 2.36 bits per heavy atom. The summed E-state index contributed by atoms with van der Waals surface area (Å²) in [6.07, 6.45) is 2.00. The average molecular weight is 197 g/mol. The van der Waals surface area contributed by atoms with E-state index in [2.05, 4.69) is 0 Å². The molecule has 0 radical (unpaired) electrons. The fraction of sp³-hybridized carbons (Fsp3) is 0.500. The van der Waals surface area contributed by atoms with Crippen molar-refractivity contribution in [1.29, 1.82) is 0 Å². The molecule has 0 aliphatic carbocycles. The Balaban J connectivity index is 2.56. The fourth-order valence-corrected chi connectivity index (χ4v) is 1.34. The molecule has 1 N–H and O–H groups in total. The molecule has 4 nitrogen and oxygen atoms in total. The van der Waals surface area contributed by atoms with Crippen LogP contribution in [-0.4, -0.2) is 36.6 Å². The number of carbonyl (C=O) groups is 1. The van der Waals surface area contributed by atoms with Gasteiger partial charge < -0.3 is 14.4 Å². The van der Waals surface area contributed by atoms with Crippen molar-refractivity contribution in [3.05, 3.63) is 24.2 Å². The minimum Gasteiger partial charge on any atom is -0.481 e. The number of carboxylic acids is 1. The van der Waals surface area contributed by atoms with Gasteiger partial charge in [0.25, 0.3) is 0 Å². The molecule has 78 valence electrons. The number of nitrogens with zero attached hydrogens (tertiary/aromatic N) is 1.